The van der Waals surface area contributed by atoms with Gasteiger partial charge in [0.25, 0.3) is 0 Å². The molecule has 0 amide bonds. The highest BCUT2D eigenvalue weighted by Crippen LogP contribution is 2.23. The fourth-order valence-electron chi connectivity index (χ4n) is 3.36. The summed E-state index contributed by atoms with van der Waals surface area (Å²) in [4.78, 5) is 14.7. The minimum Gasteiger partial charge on any atom is -0.317 e. The van der Waals surface area contributed by atoms with Gasteiger partial charge in [0.15, 0.2) is 0 Å². The third kappa shape index (κ3) is 3.29. The van der Waals surface area contributed by atoms with Gasteiger partial charge in [0.1, 0.15) is 5.78 Å². The molecule has 0 aromatic rings. The maximum Gasteiger partial charge on any atom is 0.149 e. The number of carbonyl (C=O) groups is 1. The summed E-state index contributed by atoms with van der Waals surface area (Å²) in [6, 6.07) is 0.860. The standard InChI is InChI=1S/C14H26N2O/c1-2-16(12-8-10-15-11-9-12)13-6-4-3-5-7-14(13)17/h12-13,15H,2-11H2,1H3. The zero-order chi connectivity index (χ0) is 12.1. The Morgan fingerprint density at radius 2 is 1.94 bits per heavy atom. The molecule has 1 saturated heterocycles. The van der Waals surface area contributed by atoms with Crippen LogP contribution < -0.4 is 5.32 Å². The fraction of sp³-hybridized carbons (Fsp3) is 0.929. The number of rotatable bonds is 3. The number of likely N-dealkylation sites (N-methyl/N-ethyl adjacent to an activating group) is 1. The van der Waals surface area contributed by atoms with Gasteiger partial charge in [-0.15, -0.1) is 0 Å². The molecule has 1 N–H and O–H groups in total. The first kappa shape index (κ1) is 13.0. The van der Waals surface area contributed by atoms with Gasteiger partial charge in [0.2, 0.25) is 0 Å². The van der Waals surface area contributed by atoms with Gasteiger partial charge in [0.05, 0.1) is 6.04 Å². The summed E-state index contributed by atoms with van der Waals surface area (Å²) in [5, 5.41) is 3.41. The Morgan fingerprint density at radius 3 is 2.65 bits per heavy atom. The molecule has 0 aromatic carbocycles. The number of ketones is 1. The highest BCUT2D eigenvalue weighted by molar-refractivity contribution is 5.84. The van der Waals surface area contributed by atoms with Gasteiger partial charge < -0.3 is 5.32 Å². The van der Waals surface area contributed by atoms with Gasteiger partial charge in [0, 0.05) is 12.5 Å². The summed E-state index contributed by atoms with van der Waals surface area (Å²) in [5.41, 5.74) is 0. The lowest BCUT2D eigenvalue weighted by Gasteiger charge is -2.38. The van der Waals surface area contributed by atoms with Gasteiger partial charge in [-0.25, -0.2) is 0 Å². The number of nitrogens with one attached hydrogen (secondary N) is 1. The summed E-state index contributed by atoms with van der Waals surface area (Å²) in [6.07, 6.45) is 7.90. The van der Waals surface area contributed by atoms with Crippen LogP contribution in [0, 0.1) is 0 Å². The molecule has 2 fully saturated rings. The van der Waals surface area contributed by atoms with Crippen molar-refractivity contribution in [2.24, 2.45) is 0 Å². The molecule has 2 rings (SSSR count). The molecule has 0 bridgehead atoms. The van der Waals surface area contributed by atoms with Crippen molar-refractivity contribution < 1.29 is 4.79 Å². The van der Waals surface area contributed by atoms with Crippen LogP contribution in [0.15, 0.2) is 0 Å². The number of carbonyl (C=O) groups excluding carboxylic acids is 1. The van der Waals surface area contributed by atoms with Crippen molar-refractivity contribution in [2.45, 2.75) is 64.0 Å². The van der Waals surface area contributed by atoms with E-state index in [2.05, 4.69) is 17.1 Å². The SMILES string of the molecule is CCN(C1CCNCC1)C1CCCCCC1=O. The van der Waals surface area contributed by atoms with E-state index in [-0.39, 0.29) is 6.04 Å². The molecular weight excluding hydrogens is 212 g/mol. The van der Waals surface area contributed by atoms with Crippen molar-refractivity contribution in [2.75, 3.05) is 19.6 Å². The van der Waals surface area contributed by atoms with Crippen molar-refractivity contribution in [1.82, 2.24) is 10.2 Å². The van der Waals surface area contributed by atoms with E-state index in [0.717, 1.165) is 38.9 Å². The average Bonchev–Trinajstić information content (AvgIpc) is 2.58. The van der Waals surface area contributed by atoms with Gasteiger partial charge >= 0.3 is 0 Å². The molecule has 1 heterocycles. The lowest BCUT2D eigenvalue weighted by atomic mass is 9.98. The Hall–Kier alpha value is -0.410. The second kappa shape index (κ2) is 6.50. The molecular formula is C14H26N2O. The lowest BCUT2D eigenvalue weighted by molar-refractivity contribution is -0.125. The normalized spacial score (nSPS) is 28.4. The Labute approximate surface area is 105 Å². The molecule has 98 valence electrons. The average molecular weight is 238 g/mol. The van der Waals surface area contributed by atoms with Crippen LogP contribution in [0.2, 0.25) is 0 Å². The maximum atomic E-state index is 12.2. The van der Waals surface area contributed by atoms with E-state index >= 15 is 0 Å². The van der Waals surface area contributed by atoms with E-state index in [1.54, 1.807) is 0 Å². The predicted molar refractivity (Wildman–Crippen MR) is 70.2 cm³/mol. The molecule has 1 unspecified atom stereocenters. The summed E-state index contributed by atoms with van der Waals surface area (Å²) < 4.78 is 0. The summed E-state index contributed by atoms with van der Waals surface area (Å²) in [5.74, 6) is 0.503. The van der Waals surface area contributed by atoms with Crippen LogP contribution in [0.4, 0.5) is 0 Å². The second-order valence-electron chi connectivity index (χ2n) is 5.39. The summed E-state index contributed by atoms with van der Waals surface area (Å²) in [7, 11) is 0. The molecule has 0 aromatic heterocycles. The number of Topliss-reactive ketones (excluding diaryl/α,β-unsaturated/α-hetero) is 1. The molecule has 2 aliphatic rings. The number of nitrogens with zero attached hydrogens (tertiary/aromatic N) is 1. The Kier molecular flexibility index (Phi) is 4.99. The number of hydrogen-bond donors (Lipinski definition) is 1. The molecule has 1 aliphatic heterocycles. The van der Waals surface area contributed by atoms with Crippen LogP contribution in [-0.4, -0.2) is 42.4 Å². The van der Waals surface area contributed by atoms with Crippen LogP contribution >= 0.6 is 0 Å². The Balaban J connectivity index is 2.01. The van der Waals surface area contributed by atoms with Crippen LogP contribution in [0.5, 0.6) is 0 Å². The summed E-state index contributed by atoms with van der Waals surface area (Å²) in [6.45, 7) is 5.46. The molecule has 0 spiro atoms. The first-order valence-electron chi connectivity index (χ1n) is 7.32. The highest BCUT2D eigenvalue weighted by Gasteiger charge is 2.31. The first-order chi connectivity index (χ1) is 8.33. The minimum atomic E-state index is 0.227. The lowest BCUT2D eigenvalue weighted by Crippen LogP contribution is -2.50. The van der Waals surface area contributed by atoms with E-state index in [1.165, 1.54) is 25.7 Å². The quantitative estimate of drug-likeness (QED) is 0.763. The van der Waals surface area contributed by atoms with Gasteiger partial charge in [-0.2, -0.15) is 0 Å². The van der Waals surface area contributed by atoms with Gasteiger partial charge in [-0.05, 0) is 45.3 Å². The van der Waals surface area contributed by atoms with Crippen molar-refractivity contribution in [3.63, 3.8) is 0 Å². The molecule has 0 radical (unpaired) electrons. The topological polar surface area (TPSA) is 32.3 Å². The highest BCUT2D eigenvalue weighted by atomic mass is 16.1. The van der Waals surface area contributed by atoms with Crippen molar-refractivity contribution >= 4 is 5.78 Å². The third-order valence-electron chi connectivity index (χ3n) is 4.32. The van der Waals surface area contributed by atoms with E-state index < -0.39 is 0 Å². The van der Waals surface area contributed by atoms with Crippen molar-refractivity contribution in [1.29, 1.82) is 0 Å². The second-order valence-corrected chi connectivity index (χ2v) is 5.39. The largest absolute Gasteiger partial charge is 0.317 e. The van der Waals surface area contributed by atoms with Crippen LogP contribution in [0.1, 0.15) is 51.9 Å². The molecule has 1 aliphatic carbocycles. The zero-order valence-electron chi connectivity index (χ0n) is 11.1. The van der Waals surface area contributed by atoms with E-state index in [0.29, 0.717) is 11.8 Å². The molecule has 3 heteroatoms. The smallest absolute Gasteiger partial charge is 0.149 e. The van der Waals surface area contributed by atoms with Crippen LogP contribution in [0.3, 0.4) is 0 Å². The molecule has 17 heavy (non-hydrogen) atoms. The number of piperidine rings is 1. The van der Waals surface area contributed by atoms with Crippen molar-refractivity contribution in [3.8, 4) is 0 Å². The third-order valence-corrected chi connectivity index (χ3v) is 4.32. The molecule has 3 nitrogen and oxygen atoms in total. The van der Waals surface area contributed by atoms with Crippen LogP contribution in [-0.2, 0) is 4.79 Å². The predicted octanol–water partition coefficient (Wildman–Crippen LogP) is 1.96. The molecule has 1 atom stereocenters. The van der Waals surface area contributed by atoms with Gasteiger partial charge in [-0.1, -0.05) is 19.8 Å². The van der Waals surface area contributed by atoms with Crippen molar-refractivity contribution in [3.05, 3.63) is 0 Å². The monoisotopic (exact) mass is 238 g/mol. The Bertz CT molecular complexity index is 249. The van der Waals surface area contributed by atoms with E-state index in [1.807, 2.05) is 0 Å². The Morgan fingerprint density at radius 1 is 1.18 bits per heavy atom. The van der Waals surface area contributed by atoms with Crippen LogP contribution in [0.25, 0.3) is 0 Å². The molecule has 1 saturated carbocycles. The fourth-order valence-corrected chi connectivity index (χ4v) is 3.36. The minimum absolute atomic E-state index is 0.227. The van der Waals surface area contributed by atoms with E-state index in [9.17, 15) is 4.79 Å². The van der Waals surface area contributed by atoms with E-state index in [4.69, 9.17) is 0 Å². The summed E-state index contributed by atoms with van der Waals surface area (Å²) >= 11 is 0. The zero-order valence-corrected chi connectivity index (χ0v) is 11.1. The number of hydrogen-bond acceptors (Lipinski definition) is 3. The first-order valence-corrected chi connectivity index (χ1v) is 7.32. The van der Waals surface area contributed by atoms with Gasteiger partial charge in [-0.3, -0.25) is 9.69 Å². The maximum absolute atomic E-state index is 12.2.